The maximum Gasteiger partial charge on any atom is 0.0310 e. The molecule has 0 bridgehead atoms. The quantitative estimate of drug-likeness (QED) is 0.553. The van der Waals surface area contributed by atoms with Gasteiger partial charge in [-0.1, -0.05) is 109 Å². The minimum Gasteiger partial charge on any atom is -0.0622 e. The number of hydrogen-bond acceptors (Lipinski definition) is 0. The minimum absolute atomic E-state index is 0.0901. The Balaban J connectivity index is 2.78. The molecule has 1 radical (unpaired) electrons. The van der Waals surface area contributed by atoms with Gasteiger partial charge in [0.1, 0.15) is 0 Å². The highest BCUT2D eigenvalue weighted by atomic mass is 14.5. The van der Waals surface area contributed by atoms with E-state index in [-0.39, 0.29) is 16.2 Å². The molecule has 0 saturated carbocycles. The third kappa shape index (κ3) is 3.43. The molecule has 0 aliphatic rings. The van der Waals surface area contributed by atoms with Crippen LogP contribution in [0, 0.1) is 16.7 Å². The highest BCUT2D eigenvalue weighted by Gasteiger charge is 2.51. The molecule has 24 heavy (non-hydrogen) atoms. The maximum atomic E-state index is 2.44. The van der Waals surface area contributed by atoms with Crippen molar-refractivity contribution in [3.63, 3.8) is 0 Å². The lowest BCUT2D eigenvalue weighted by Crippen LogP contribution is -2.48. The number of benzene rings is 2. The van der Waals surface area contributed by atoms with Crippen molar-refractivity contribution in [3.05, 3.63) is 77.7 Å². The summed E-state index contributed by atoms with van der Waals surface area (Å²) in [7, 11) is 0. The van der Waals surface area contributed by atoms with Crippen molar-refractivity contribution in [2.45, 2.75) is 60.3 Å². The molecule has 2 aromatic carbocycles. The Morgan fingerprint density at radius 3 is 1.33 bits per heavy atom. The molecule has 0 aliphatic carbocycles. The second-order valence-corrected chi connectivity index (χ2v) is 9.10. The molecule has 0 N–H and O–H groups in total. The van der Waals surface area contributed by atoms with Crippen LogP contribution in [0.3, 0.4) is 0 Å². The van der Waals surface area contributed by atoms with Gasteiger partial charge in [0.25, 0.3) is 0 Å². The summed E-state index contributed by atoms with van der Waals surface area (Å²) in [5, 5.41) is 0. The van der Waals surface area contributed by atoms with Crippen molar-refractivity contribution >= 4 is 0 Å². The van der Waals surface area contributed by atoms with Crippen molar-refractivity contribution in [1.29, 1.82) is 0 Å². The smallest absolute Gasteiger partial charge is 0.0310 e. The van der Waals surface area contributed by atoms with Crippen LogP contribution in [0.25, 0.3) is 0 Å². The van der Waals surface area contributed by atoms with E-state index in [0.717, 1.165) is 6.42 Å². The number of hydrogen-bond donors (Lipinski definition) is 0. The van der Waals surface area contributed by atoms with Crippen LogP contribution in [0.4, 0.5) is 0 Å². The molecule has 0 saturated heterocycles. The van der Waals surface area contributed by atoms with Gasteiger partial charge in [0, 0.05) is 5.41 Å². The van der Waals surface area contributed by atoms with E-state index >= 15 is 0 Å². The zero-order chi connectivity index (χ0) is 18.0. The third-order valence-corrected chi connectivity index (χ3v) is 5.15. The van der Waals surface area contributed by atoms with Gasteiger partial charge < -0.3 is 0 Å². The van der Waals surface area contributed by atoms with Crippen molar-refractivity contribution in [2.24, 2.45) is 10.8 Å². The van der Waals surface area contributed by atoms with E-state index in [4.69, 9.17) is 0 Å². The molecule has 2 rings (SSSR count). The lowest BCUT2D eigenvalue weighted by molar-refractivity contribution is 0.130. The van der Waals surface area contributed by atoms with Crippen LogP contribution in [-0.4, -0.2) is 0 Å². The molecular weight excluding hydrogens is 288 g/mol. The average molecular weight is 322 g/mol. The summed E-state index contributed by atoms with van der Waals surface area (Å²) < 4.78 is 0. The second-order valence-electron chi connectivity index (χ2n) is 9.10. The van der Waals surface area contributed by atoms with Crippen molar-refractivity contribution < 1.29 is 0 Å². The Morgan fingerprint density at radius 2 is 1.04 bits per heavy atom. The Labute approximate surface area is 149 Å². The highest BCUT2D eigenvalue weighted by Crippen LogP contribution is 2.56. The lowest BCUT2D eigenvalue weighted by atomic mass is 9.50. The Hall–Kier alpha value is -1.56. The number of rotatable bonds is 5. The fraction of sp³-hybridized carbons (Fsp3) is 0.458. The molecule has 2 aromatic rings. The summed E-state index contributed by atoms with van der Waals surface area (Å²) in [5.74, 6) is 1.45. The topological polar surface area (TPSA) is 0 Å². The first-order valence-corrected chi connectivity index (χ1v) is 9.03. The van der Waals surface area contributed by atoms with Gasteiger partial charge in [0.05, 0.1) is 0 Å². The van der Waals surface area contributed by atoms with Crippen LogP contribution in [-0.2, 0) is 5.41 Å². The molecule has 0 atom stereocenters. The third-order valence-electron chi connectivity index (χ3n) is 5.15. The predicted octanol–water partition coefficient (Wildman–Crippen LogP) is 7.05. The van der Waals surface area contributed by atoms with Gasteiger partial charge in [0.15, 0.2) is 0 Å². The molecule has 0 aromatic heterocycles. The van der Waals surface area contributed by atoms with Gasteiger partial charge in [-0.25, -0.2) is 0 Å². The average Bonchev–Trinajstić information content (AvgIpc) is 2.47. The molecule has 0 spiro atoms. The van der Waals surface area contributed by atoms with Gasteiger partial charge in [-0.05, 0) is 34.3 Å². The largest absolute Gasteiger partial charge is 0.0622 e. The Morgan fingerprint density at radius 1 is 0.667 bits per heavy atom. The fourth-order valence-corrected chi connectivity index (χ4v) is 5.04. The normalized spacial score (nSPS) is 13.3. The van der Waals surface area contributed by atoms with Crippen LogP contribution in [0.2, 0.25) is 0 Å². The molecule has 0 heterocycles. The summed E-state index contributed by atoms with van der Waals surface area (Å²) in [4.78, 5) is 0. The summed E-state index contributed by atoms with van der Waals surface area (Å²) in [6, 6.07) is 22.1. The molecule has 0 unspecified atom stereocenters. The van der Waals surface area contributed by atoms with Gasteiger partial charge in [-0.3, -0.25) is 0 Å². The van der Waals surface area contributed by atoms with E-state index in [1.165, 1.54) is 17.0 Å². The van der Waals surface area contributed by atoms with Gasteiger partial charge in [0.2, 0.25) is 0 Å². The van der Waals surface area contributed by atoms with Crippen LogP contribution in [0.1, 0.15) is 66.0 Å². The molecular formula is C24H33. The first kappa shape index (κ1) is 18.8. The minimum atomic E-state index is -0.0944. The highest BCUT2D eigenvalue weighted by molar-refractivity contribution is 5.48. The van der Waals surface area contributed by atoms with Crippen molar-refractivity contribution in [3.8, 4) is 0 Å². The van der Waals surface area contributed by atoms with Crippen LogP contribution in [0.5, 0.6) is 0 Å². The maximum absolute atomic E-state index is 2.44. The van der Waals surface area contributed by atoms with E-state index in [1.807, 2.05) is 0 Å². The van der Waals surface area contributed by atoms with Gasteiger partial charge in [-0.15, -0.1) is 0 Å². The Kier molecular flexibility index (Phi) is 5.28. The fourth-order valence-electron chi connectivity index (χ4n) is 5.04. The Bertz CT molecular complexity index is 587. The second kappa shape index (κ2) is 6.75. The summed E-state index contributed by atoms with van der Waals surface area (Å²) in [6.45, 7) is 16.5. The van der Waals surface area contributed by atoms with Gasteiger partial charge >= 0.3 is 0 Å². The van der Waals surface area contributed by atoms with E-state index < -0.39 is 0 Å². The SMILES string of the molecule is C[C](C)C(c1ccccc1)(c1ccccc1)C(C)(C)CC(C)(C)C. The zero-order valence-electron chi connectivity index (χ0n) is 16.5. The van der Waals surface area contributed by atoms with E-state index in [2.05, 4.69) is 109 Å². The van der Waals surface area contributed by atoms with Crippen LogP contribution < -0.4 is 0 Å². The standard InChI is InChI=1S/C24H33/c1-19(2)24(20-14-10-8-11-15-20,21-16-12-9-13-17-21)23(6,7)18-22(3,4)5/h8-17H,18H2,1-7H3. The zero-order valence-corrected chi connectivity index (χ0v) is 16.5. The molecule has 0 aliphatic heterocycles. The summed E-state index contributed by atoms with van der Waals surface area (Å²) in [5.41, 5.74) is 3.06. The van der Waals surface area contributed by atoms with E-state index in [9.17, 15) is 0 Å². The summed E-state index contributed by atoms with van der Waals surface area (Å²) in [6.07, 6.45) is 1.15. The van der Waals surface area contributed by atoms with E-state index in [1.54, 1.807) is 0 Å². The van der Waals surface area contributed by atoms with Crippen LogP contribution >= 0.6 is 0 Å². The first-order chi connectivity index (χ1) is 11.1. The first-order valence-electron chi connectivity index (χ1n) is 9.03. The molecule has 0 fully saturated rings. The van der Waals surface area contributed by atoms with Crippen LogP contribution in [0.15, 0.2) is 60.7 Å². The van der Waals surface area contributed by atoms with E-state index in [0.29, 0.717) is 0 Å². The molecule has 0 nitrogen and oxygen atoms in total. The van der Waals surface area contributed by atoms with Crippen molar-refractivity contribution in [1.82, 2.24) is 0 Å². The molecule has 0 amide bonds. The van der Waals surface area contributed by atoms with Gasteiger partial charge in [-0.2, -0.15) is 0 Å². The lowest BCUT2D eigenvalue weighted by Gasteiger charge is -2.53. The monoisotopic (exact) mass is 321 g/mol. The summed E-state index contributed by atoms with van der Waals surface area (Å²) >= 11 is 0. The molecule has 129 valence electrons. The molecule has 0 heteroatoms. The predicted molar refractivity (Wildman–Crippen MR) is 106 cm³/mol. The van der Waals surface area contributed by atoms with Crippen molar-refractivity contribution in [2.75, 3.05) is 0 Å².